The van der Waals surface area contributed by atoms with E-state index in [0.29, 0.717) is 5.52 Å². The van der Waals surface area contributed by atoms with Crippen LogP contribution in [0, 0.1) is 13.8 Å². The predicted octanol–water partition coefficient (Wildman–Crippen LogP) is 1.80. The molecule has 0 atom stereocenters. The maximum Gasteiger partial charge on any atom is 0.325 e. The number of hydrogen-bond acceptors (Lipinski definition) is 7. The Bertz CT molecular complexity index is 1500. The minimum atomic E-state index is -4.18. The standard InChI is InChI=1S/C25H27ClN4O7S/c1-4-37-22(33)13-28-20(31)11-27-21(32)12-29-25(34)23-24(18-10-16(26)5-6-19(18)30-23)38(35,36)17-8-14(2)7-15(3)9-17/h5-10,30H,4,11-13H2,1-3H3,(H,27,32)(H,28,31)(H,29,34). The summed E-state index contributed by atoms with van der Waals surface area (Å²) in [6.45, 7) is 4.00. The Labute approximate surface area is 224 Å². The van der Waals surface area contributed by atoms with E-state index in [2.05, 4.69) is 25.7 Å². The smallest absolute Gasteiger partial charge is 0.325 e. The molecular weight excluding hydrogens is 536 g/mol. The maximum absolute atomic E-state index is 13.7. The molecule has 13 heteroatoms. The Morgan fingerprint density at radius 3 is 2.13 bits per heavy atom. The van der Waals surface area contributed by atoms with Gasteiger partial charge < -0.3 is 25.7 Å². The zero-order valence-corrected chi connectivity index (χ0v) is 22.5. The van der Waals surface area contributed by atoms with Gasteiger partial charge >= 0.3 is 5.97 Å². The molecule has 38 heavy (non-hydrogen) atoms. The summed E-state index contributed by atoms with van der Waals surface area (Å²) in [7, 11) is -4.18. The molecule has 202 valence electrons. The van der Waals surface area contributed by atoms with Crippen molar-refractivity contribution in [2.24, 2.45) is 0 Å². The van der Waals surface area contributed by atoms with Gasteiger partial charge in [-0.1, -0.05) is 17.7 Å². The number of aromatic amines is 1. The summed E-state index contributed by atoms with van der Waals surface area (Å²) < 4.78 is 32.1. The fraction of sp³-hybridized carbons (Fsp3) is 0.280. The highest BCUT2D eigenvalue weighted by molar-refractivity contribution is 7.91. The normalized spacial score (nSPS) is 11.2. The zero-order chi connectivity index (χ0) is 28.0. The number of rotatable bonds is 10. The van der Waals surface area contributed by atoms with Crippen molar-refractivity contribution in [1.82, 2.24) is 20.9 Å². The van der Waals surface area contributed by atoms with Crippen LogP contribution in [0.2, 0.25) is 5.02 Å². The van der Waals surface area contributed by atoms with Crippen molar-refractivity contribution < 1.29 is 32.3 Å². The van der Waals surface area contributed by atoms with Crippen molar-refractivity contribution in [3.05, 3.63) is 58.2 Å². The second kappa shape index (κ2) is 12.1. The SMILES string of the molecule is CCOC(=O)CNC(=O)CNC(=O)CNC(=O)c1[nH]c2ccc(Cl)cc2c1S(=O)(=O)c1cc(C)cc(C)c1. The summed E-state index contributed by atoms with van der Waals surface area (Å²) >= 11 is 6.12. The number of nitrogens with one attached hydrogen (secondary N) is 4. The van der Waals surface area contributed by atoms with E-state index in [-0.39, 0.29) is 39.0 Å². The number of aryl methyl sites for hydroxylation is 2. The summed E-state index contributed by atoms with van der Waals surface area (Å²) in [5.41, 5.74) is 1.57. The molecule has 0 bridgehead atoms. The molecule has 0 aliphatic heterocycles. The van der Waals surface area contributed by atoms with Gasteiger partial charge in [-0.2, -0.15) is 0 Å². The highest BCUT2D eigenvalue weighted by atomic mass is 35.5. The van der Waals surface area contributed by atoms with Crippen LogP contribution >= 0.6 is 11.6 Å². The molecule has 4 N–H and O–H groups in total. The van der Waals surface area contributed by atoms with E-state index in [1.165, 1.54) is 18.2 Å². The molecule has 3 aromatic rings. The summed E-state index contributed by atoms with van der Waals surface area (Å²) in [5, 5.41) is 7.45. The second-order valence-electron chi connectivity index (χ2n) is 8.39. The summed E-state index contributed by atoms with van der Waals surface area (Å²) in [4.78, 5) is 50.9. The molecule has 0 saturated heterocycles. The van der Waals surface area contributed by atoms with Crippen LogP contribution in [0.1, 0.15) is 28.5 Å². The molecule has 0 spiro atoms. The maximum atomic E-state index is 13.7. The third-order valence-corrected chi connectivity index (χ3v) is 7.36. The molecule has 3 amide bonds. The van der Waals surface area contributed by atoms with Gasteiger partial charge in [0.05, 0.1) is 24.6 Å². The van der Waals surface area contributed by atoms with Gasteiger partial charge in [0.2, 0.25) is 21.7 Å². The van der Waals surface area contributed by atoms with Gasteiger partial charge in [-0.05, 0) is 62.2 Å². The lowest BCUT2D eigenvalue weighted by atomic mass is 10.2. The fourth-order valence-corrected chi connectivity index (χ4v) is 5.68. The van der Waals surface area contributed by atoms with Crippen LogP contribution in [-0.4, -0.2) is 63.3 Å². The van der Waals surface area contributed by atoms with E-state index in [1.807, 2.05) is 6.07 Å². The molecule has 0 saturated carbocycles. The Morgan fingerprint density at radius 1 is 0.895 bits per heavy atom. The van der Waals surface area contributed by atoms with E-state index in [0.717, 1.165) is 11.1 Å². The number of halogens is 1. The minimum Gasteiger partial charge on any atom is -0.465 e. The highest BCUT2D eigenvalue weighted by Crippen LogP contribution is 2.34. The molecule has 0 aliphatic carbocycles. The van der Waals surface area contributed by atoms with Crippen LogP contribution in [0.5, 0.6) is 0 Å². The molecule has 0 fully saturated rings. The topological polar surface area (TPSA) is 164 Å². The van der Waals surface area contributed by atoms with Crippen LogP contribution in [-0.2, 0) is 29.0 Å². The Morgan fingerprint density at radius 2 is 1.50 bits per heavy atom. The third kappa shape index (κ3) is 6.90. The number of carbonyl (C=O) groups is 4. The van der Waals surface area contributed by atoms with Crippen molar-refractivity contribution in [2.45, 2.75) is 30.6 Å². The average molecular weight is 563 g/mol. The van der Waals surface area contributed by atoms with Gasteiger partial charge in [-0.15, -0.1) is 0 Å². The molecular formula is C25H27ClN4O7S. The first-order valence-corrected chi connectivity index (χ1v) is 13.4. The fourth-order valence-electron chi connectivity index (χ4n) is 3.72. The lowest BCUT2D eigenvalue weighted by molar-refractivity contribution is -0.143. The monoisotopic (exact) mass is 562 g/mol. The first-order valence-electron chi connectivity index (χ1n) is 11.5. The number of carbonyl (C=O) groups excluding carboxylic acids is 4. The van der Waals surface area contributed by atoms with Crippen LogP contribution in [0.3, 0.4) is 0 Å². The number of aromatic nitrogens is 1. The second-order valence-corrected chi connectivity index (χ2v) is 10.7. The number of fused-ring (bicyclic) bond motifs is 1. The lowest BCUT2D eigenvalue weighted by Crippen LogP contribution is -2.43. The van der Waals surface area contributed by atoms with Crippen LogP contribution < -0.4 is 16.0 Å². The first kappa shape index (κ1) is 28.7. The van der Waals surface area contributed by atoms with Gasteiger partial charge in [0, 0.05) is 15.9 Å². The van der Waals surface area contributed by atoms with E-state index in [4.69, 9.17) is 11.6 Å². The van der Waals surface area contributed by atoms with E-state index in [9.17, 15) is 27.6 Å². The molecule has 0 unspecified atom stereocenters. The number of sulfone groups is 1. The van der Waals surface area contributed by atoms with Gasteiger partial charge in [-0.3, -0.25) is 19.2 Å². The zero-order valence-electron chi connectivity index (χ0n) is 20.9. The van der Waals surface area contributed by atoms with Gasteiger partial charge in [0.1, 0.15) is 17.1 Å². The summed E-state index contributed by atoms with van der Waals surface area (Å²) in [5.74, 6) is -2.80. The Kier molecular flexibility index (Phi) is 9.13. The molecule has 0 aliphatic rings. The number of amides is 3. The number of H-pyrrole nitrogens is 1. The molecule has 0 radical (unpaired) electrons. The van der Waals surface area contributed by atoms with E-state index < -0.39 is 46.6 Å². The largest absolute Gasteiger partial charge is 0.465 e. The number of hydrogen-bond donors (Lipinski definition) is 4. The third-order valence-electron chi connectivity index (χ3n) is 5.31. The Hall–Kier alpha value is -3.90. The van der Waals surface area contributed by atoms with Crippen molar-refractivity contribution >= 4 is 56.0 Å². The van der Waals surface area contributed by atoms with Crippen LogP contribution in [0.25, 0.3) is 10.9 Å². The van der Waals surface area contributed by atoms with Crippen LogP contribution in [0.4, 0.5) is 0 Å². The quantitative estimate of drug-likeness (QED) is 0.274. The van der Waals surface area contributed by atoms with E-state index >= 15 is 0 Å². The van der Waals surface area contributed by atoms with Gasteiger partial charge in [0.25, 0.3) is 5.91 Å². The van der Waals surface area contributed by atoms with Crippen molar-refractivity contribution in [3.8, 4) is 0 Å². The van der Waals surface area contributed by atoms with Crippen molar-refractivity contribution in [3.63, 3.8) is 0 Å². The summed E-state index contributed by atoms with van der Waals surface area (Å²) in [6.07, 6.45) is 0. The first-order chi connectivity index (χ1) is 17.9. The van der Waals surface area contributed by atoms with Crippen LogP contribution in [0.15, 0.2) is 46.2 Å². The Balaban J connectivity index is 1.78. The average Bonchev–Trinajstić information content (AvgIpc) is 3.24. The molecule has 3 rings (SSSR count). The lowest BCUT2D eigenvalue weighted by Gasteiger charge is -2.10. The van der Waals surface area contributed by atoms with Gasteiger partial charge in [0.15, 0.2) is 0 Å². The number of ether oxygens (including phenoxy) is 1. The molecule has 1 aromatic heterocycles. The number of esters is 1. The van der Waals surface area contributed by atoms with E-state index in [1.54, 1.807) is 32.9 Å². The predicted molar refractivity (Wildman–Crippen MR) is 140 cm³/mol. The number of benzene rings is 2. The van der Waals surface area contributed by atoms with Gasteiger partial charge in [-0.25, -0.2) is 8.42 Å². The summed E-state index contributed by atoms with van der Waals surface area (Å²) in [6, 6.07) is 9.39. The molecule has 11 nitrogen and oxygen atoms in total. The minimum absolute atomic E-state index is 0.0106. The molecule has 2 aromatic carbocycles. The highest BCUT2D eigenvalue weighted by Gasteiger charge is 2.30. The molecule has 1 heterocycles. The van der Waals surface area contributed by atoms with Crippen molar-refractivity contribution in [1.29, 1.82) is 0 Å². The van der Waals surface area contributed by atoms with Crippen molar-refractivity contribution in [2.75, 3.05) is 26.2 Å².